The molecule has 0 atom stereocenters. The first kappa shape index (κ1) is 17.5. The van der Waals surface area contributed by atoms with E-state index in [0.29, 0.717) is 12.1 Å². The fourth-order valence-electron chi connectivity index (χ4n) is 2.42. The minimum absolute atomic E-state index is 0.0737. The summed E-state index contributed by atoms with van der Waals surface area (Å²) in [6.07, 6.45) is 0. The maximum atomic E-state index is 12.7. The number of para-hydroxylation sites is 2. The largest absolute Gasteiger partial charge is 0.376 e. The molecule has 2 rings (SSSR count). The van der Waals surface area contributed by atoms with Crippen LogP contribution in [0.4, 0.5) is 11.4 Å². The molecule has 0 aliphatic carbocycles. The Bertz CT molecular complexity index is 724. The Morgan fingerprint density at radius 3 is 2.04 bits per heavy atom. The van der Waals surface area contributed by atoms with Gasteiger partial charge in [0.2, 0.25) is 5.91 Å². The predicted octanol–water partition coefficient (Wildman–Crippen LogP) is 2.67. The van der Waals surface area contributed by atoms with Crippen LogP contribution in [-0.4, -0.2) is 33.0 Å². The predicted molar refractivity (Wildman–Crippen MR) is 97.5 cm³/mol. The highest BCUT2D eigenvalue weighted by Crippen LogP contribution is 2.27. The van der Waals surface area contributed by atoms with E-state index in [-0.39, 0.29) is 11.8 Å². The van der Waals surface area contributed by atoms with Gasteiger partial charge in [0.1, 0.15) is 0 Å². The molecule has 0 saturated heterocycles. The van der Waals surface area contributed by atoms with Crippen LogP contribution in [0.5, 0.6) is 0 Å². The third-order valence-corrected chi connectivity index (χ3v) is 3.77. The van der Waals surface area contributed by atoms with Crippen LogP contribution in [0.1, 0.15) is 22.8 Å². The molecule has 24 heavy (non-hydrogen) atoms. The molecule has 0 saturated carbocycles. The fraction of sp³-hybridized carbons (Fsp3) is 0.263. The van der Waals surface area contributed by atoms with Crippen molar-refractivity contribution in [3.05, 3.63) is 59.7 Å². The molecule has 2 aromatic rings. The number of rotatable bonds is 5. The first-order valence-electron chi connectivity index (χ1n) is 7.78. The van der Waals surface area contributed by atoms with E-state index in [1.54, 1.807) is 24.1 Å². The number of hydrogen-bond donors (Lipinski definition) is 1. The van der Waals surface area contributed by atoms with Crippen molar-refractivity contribution in [2.75, 3.05) is 30.9 Å². The van der Waals surface area contributed by atoms with Gasteiger partial charge in [-0.05, 0) is 29.8 Å². The number of anilines is 2. The highest BCUT2D eigenvalue weighted by atomic mass is 16.2. The Morgan fingerprint density at radius 2 is 1.50 bits per heavy atom. The highest BCUT2D eigenvalue weighted by molar-refractivity contribution is 6.07. The molecule has 0 radical (unpaired) electrons. The van der Waals surface area contributed by atoms with Crippen LogP contribution < -0.4 is 15.1 Å². The van der Waals surface area contributed by atoms with Crippen molar-refractivity contribution in [3.8, 4) is 0 Å². The van der Waals surface area contributed by atoms with Gasteiger partial charge in [0.15, 0.2) is 0 Å². The van der Waals surface area contributed by atoms with Gasteiger partial charge in [-0.25, -0.2) is 0 Å². The average molecular weight is 325 g/mol. The minimum atomic E-state index is -0.0739. The first-order chi connectivity index (χ1) is 11.4. The zero-order valence-electron chi connectivity index (χ0n) is 14.5. The third kappa shape index (κ3) is 4.13. The molecule has 1 N–H and O–H groups in total. The van der Waals surface area contributed by atoms with Crippen LogP contribution in [-0.2, 0) is 11.3 Å². The summed E-state index contributed by atoms with van der Waals surface area (Å²) in [6.45, 7) is 1.94. The Kier molecular flexibility index (Phi) is 5.58. The molecule has 0 bridgehead atoms. The van der Waals surface area contributed by atoms with Gasteiger partial charge in [0, 0.05) is 40.2 Å². The molecular formula is C19H23N3O2. The first-order valence-corrected chi connectivity index (χ1v) is 7.78. The molecule has 0 unspecified atom stereocenters. The van der Waals surface area contributed by atoms with E-state index in [1.165, 1.54) is 6.92 Å². The van der Waals surface area contributed by atoms with Gasteiger partial charge < -0.3 is 15.1 Å². The summed E-state index contributed by atoms with van der Waals surface area (Å²) < 4.78 is 0. The number of nitrogens with zero attached hydrogens (tertiary/aromatic N) is 2. The van der Waals surface area contributed by atoms with Gasteiger partial charge in [-0.1, -0.05) is 24.3 Å². The van der Waals surface area contributed by atoms with Crippen molar-refractivity contribution in [1.29, 1.82) is 0 Å². The van der Waals surface area contributed by atoms with Crippen LogP contribution in [0.3, 0.4) is 0 Å². The van der Waals surface area contributed by atoms with Crippen LogP contribution in [0.15, 0.2) is 48.5 Å². The van der Waals surface area contributed by atoms with Gasteiger partial charge in [-0.3, -0.25) is 9.59 Å². The lowest BCUT2D eigenvalue weighted by Gasteiger charge is -2.24. The lowest BCUT2D eigenvalue weighted by molar-refractivity contribution is -0.119. The van der Waals surface area contributed by atoms with Gasteiger partial charge in [0.05, 0.1) is 11.4 Å². The molecular weight excluding hydrogens is 302 g/mol. The van der Waals surface area contributed by atoms with E-state index in [1.807, 2.05) is 55.4 Å². The molecule has 5 heteroatoms. The summed E-state index contributed by atoms with van der Waals surface area (Å²) in [5.74, 6) is -0.148. The monoisotopic (exact) mass is 325 g/mol. The second kappa shape index (κ2) is 7.64. The molecule has 0 heterocycles. The van der Waals surface area contributed by atoms with Gasteiger partial charge >= 0.3 is 0 Å². The number of amides is 2. The lowest BCUT2D eigenvalue weighted by Crippen LogP contribution is -2.28. The van der Waals surface area contributed by atoms with Crippen molar-refractivity contribution in [3.63, 3.8) is 0 Å². The average Bonchev–Trinajstić information content (AvgIpc) is 2.59. The lowest BCUT2D eigenvalue weighted by atomic mass is 10.1. The summed E-state index contributed by atoms with van der Waals surface area (Å²) in [6, 6.07) is 15.1. The van der Waals surface area contributed by atoms with E-state index >= 15 is 0 Å². The molecule has 0 aliphatic heterocycles. The van der Waals surface area contributed by atoms with Crippen molar-refractivity contribution < 1.29 is 9.59 Å². The van der Waals surface area contributed by atoms with Crippen molar-refractivity contribution in [2.45, 2.75) is 13.5 Å². The topological polar surface area (TPSA) is 52.7 Å². The smallest absolute Gasteiger partial charge is 0.258 e. The Balaban J connectivity index is 2.18. The van der Waals surface area contributed by atoms with E-state index in [4.69, 9.17) is 0 Å². The van der Waals surface area contributed by atoms with E-state index < -0.39 is 0 Å². The summed E-state index contributed by atoms with van der Waals surface area (Å²) >= 11 is 0. The number of benzene rings is 2. The SMILES string of the molecule is CC(=O)NCc1ccc(C(=O)N(C)c2ccccc2N(C)C)cc1. The standard InChI is InChI=1S/C19H23N3O2/c1-14(23)20-13-15-9-11-16(12-10-15)19(24)22(4)18-8-6-5-7-17(18)21(2)3/h5-12H,13H2,1-4H3,(H,20,23). The number of carbonyl (C=O) groups excluding carboxylic acids is 2. The normalized spacial score (nSPS) is 10.2. The molecule has 2 aromatic carbocycles. The van der Waals surface area contributed by atoms with Crippen LogP contribution in [0.25, 0.3) is 0 Å². The Labute approximate surface area is 142 Å². The zero-order chi connectivity index (χ0) is 17.7. The van der Waals surface area contributed by atoms with Crippen LogP contribution in [0, 0.1) is 0 Å². The summed E-state index contributed by atoms with van der Waals surface area (Å²) in [4.78, 5) is 27.3. The molecule has 0 aliphatic rings. The van der Waals surface area contributed by atoms with Crippen LogP contribution >= 0.6 is 0 Å². The summed E-state index contributed by atoms with van der Waals surface area (Å²) in [7, 11) is 5.68. The van der Waals surface area contributed by atoms with Crippen molar-refractivity contribution >= 4 is 23.2 Å². The third-order valence-electron chi connectivity index (χ3n) is 3.77. The van der Waals surface area contributed by atoms with Crippen molar-refractivity contribution in [1.82, 2.24) is 5.32 Å². The Hall–Kier alpha value is -2.82. The molecule has 126 valence electrons. The van der Waals surface area contributed by atoms with Crippen LogP contribution in [0.2, 0.25) is 0 Å². The summed E-state index contributed by atoms with van der Waals surface area (Å²) in [5.41, 5.74) is 3.40. The fourth-order valence-corrected chi connectivity index (χ4v) is 2.42. The molecule has 0 spiro atoms. The molecule has 0 aromatic heterocycles. The zero-order valence-corrected chi connectivity index (χ0v) is 14.5. The minimum Gasteiger partial charge on any atom is -0.376 e. The van der Waals surface area contributed by atoms with E-state index in [0.717, 1.165) is 16.9 Å². The maximum absolute atomic E-state index is 12.7. The Morgan fingerprint density at radius 1 is 0.917 bits per heavy atom. The van der Waals surface area contributed by atoms with Gasteiger partial charge in [-0.2, -0.15) is 0 Å². The number of carbonyl (C=O) groups is 2. The quantitative estimate of drug-likeness (QED) is 0.919. The molecule has 0 fully saturated rings. The van der Waals surface area contributed by atoms with E-state index in [9.17, 15) is 9.59 Å². The van der Waals surface area contributed by atoms with Gasteiger partial charge in [0.25, 0.3) is 5.91 Å². The molecule has 5 nitrogen and oxygen atoms in total. The van der Waals surface area contributed by atoms with Gasteiger partial charge in [-0.15, -0.1) is 0 Å². The second-order valence-electron chi connectivity index (χ2n) is 5.85. The molecule has 2 amide bonds. The van der Waals surface area contributed by atoms with E-state index in [2.05, 4.69) is 5.32 Å². The second-order valence-corrected chi connectivity index (χ2v) is 5.85. The maximum Gasteiger partial charge on any atom is 0.258 e. The highest BCUT2D eigenvalue weighted by Gasteiger charge is 2.16. The summed E-state index contributed by atoms with van der Waals surface area (Å²) in [5, 5.41) is 2.74. The number of hydrogen-bond acceptors (Lipinski definition) is 3. The number of nitrogens with one attached hydrogen (secondary N) is 1. The van der Waals surface area contributed by atoms with Crippen molar-refractivity contribution in [2.24, 2.45) is 0 Å².